The number of nitro benzene ring substituents is 1. The Labute approximate surface area is 157 Å². The molecule has 0 radical (unpaired) electrons. The predicted molar refractivity (Wildman–Crippen MR) is 98.5 cm³/mol. The van der Waals surface area contributed by atoms with Crippen molar-refractivity contribution in [2.75, 3.05) is 12.4 Å². The summed E-state index contributed by atoms with van der Waals surface area (Å²) in [6.07, 6.45) is 0. The number of ether oxygens (including phenoxy) is 1. The van der Waals surface area contributed by atoms with Gasteiger partial charge in [0.05, 0.1) is 17.5 Å². The van der Waals surface area contributed by atoms with E-state index in [4.69, 9.17) is 20.8 Å². The number of fused-ring (bicyclic) bond motifs is 1. The SMILES string of the molecule is COc1cc(NC(=O)Cn2c(=O)oc3cc(Cl)ccc32)c(C)cc1[N+](=O)[O-]. The molecule has 1 aromatic heterocycles. The lowest BCUT2D eigenvalue weighted by molar-refractivity contribution is -0.385. The van der Waals surface area contributed by atoms with Crippen LogP contribution < -0.4 is 15.8 Å². The van der Waals surface area contributed by atoms with Crippen LogP contribution in [-0.4, -0.2) is 22.5 Å². The van der Waals surface area contributed by atoms with Crippen molar-refractivity contribution in [1.82, 2.24) is 4.57 Å². The molecule has 27 heavy (non-hydrogen) atoms. The quantitative estimate of drug-likeness (QED) is 0.527. The van der Waals surface area contributed by atoms with Crippen molar-refractivity contribution in [3.8, 4) is 5.75 Å². The lowest BCUT2D eigenvalue weighted by Crippen LogP contribution is -2.25. The number of nitrogens with zero attached hydrogens (tertiary/aromatic N) is 2. The molecule has 140 valence electrons. The summed E-state index contributed by atoms with van der Waals surface area (Å²) in [5.74, 6) is -1.18. The average molecular weight is 392 g/mol. The molecular weight excluding hydrogens is 378 g/mol. The van der Waals surface area contributed by atoms with E-state index in [1.54, 1.807) is 19.1 Å². The van der Waals surface area contributed by atoms with Crippen LogP contribution in [0.3, 0.4) is 0 Å². The second-order valence-electron chi connectivity index (χ2n) is 5.71. The Hall–Kier alpha value is -3.33. The van der Waals surface area contributed by atoms with Gasteiger partial charge in [-0.1, -0.05) is 11.6 Å². The number of hydrogen-bond donors (Lipinski definition) is 1. The number of anilines is 1. The number of nitro groups is 1. The summed E-state index contributed by atoms with van der Waals surface area (Å²) in [6, 6.07) is 7.31. The molecule has 9 nitrogen and oxygen atoms in total. The van der Waals surface area contributed by atoms with Crippen LogP contribution in [0.2, 0.25) is 5.02 Å². The maximum Gasteiger partial charge on any atom is 0.420 e. The molecule has 3 aromatic rings. The van der Waals surface area contributed by atoms with Gasteiger partial charge in [0.2, 0.25) is 5.91 Å². The van der Waals surface area contributed by atoms with E-state index in [2.05, 4.69) is 5.32 Å². The van der Waals surface area contributed by atoms with Crippen LogP contribution >= 0.6 is 11.6 Å². The van der Waals surface area contributed by atoms with E-state index < -0.39 is 16.6 Å². The summed E-state index contributed by atoms with van der Waals surface area (Å²) in [5, 5.41) is 14.1. The van der Waals surface area contributed by atoms with E-state index >= 15 is 0 Å². The molecule has 1 heterocycles. The zero-order chi connectivity index (χ0) is 19.7. The molecule has 0 aliphatic heterocycles. The molecule has 0 unspecified atom stereocenters. The van der Waals surface area contributed by atoms with Crippen molar-refractivity contribution < 1.29 is 18.9 Å². The van der Waals surface area contributed by atoms with Gasteiger partial charge in [0.15, 0.2) is 11.3 Å². The van der Waals surface area contributed by atoms with Crippen molar-refractivity contribution in [2.45, 2.75) is 13.5 Å². The summed E-state index contributed by atoms with van der Waals surface area (Å²) in [5.41, 5.74) is 1.31. The maximum absolute atomic E-state index is 12.4. The highest BCUT2D eigenvalue weighted by Gasteiger charge is 2.19. The van der Waals surface area contributed by atoms with Gasteiger partial charge in [0.25, 0.3) is 0 Å². The molecule has 0 aliphatic carbocycles. The maximum atomic E-state index is 12.4. The number of aromatic nitrogens is 1. The number of amides is 1. The summed E-state index contributed by atoms with van der Waals surface area (Å²) in [4.78, 5) is 34.9. The first-order valence-electron chi connectivity index (χ1n) is 7.72. The smallest absolute Gasteiger partial charge is 0.420 e. The number of carbonyl (C=O) groups is 1. The van der Waals surface area contributed by atoms with Gasteiger partial charge in [-0.15, -0.1) is 0 Å². The molecule has 0 saturated heterocycles. The molecule has 1 N–H and O–H groups in total. The van der Waals surface area contributed by atoms with Crippen LogP contribution in [0, 0.1) is 17.0 Å². The Bertz CT molecular complexity index is 1120. The van der Waals surface area contributed by atoms with E-state index in [0.29, 0.717) is 21.8 Å². The second kappa shape index (κ2) is 7.12. The minimum Gasteiger partial charge on any atom is -0.490 e. The zero-order valence-electron chi connectivity index (χ0n) is 14.3. The largest absolute Gasteiger partial charge is 0.490 e. The van der Waals surface area contributed by atoms with Crippen molar-refractivity contribution in [3.05, 3.63) is 61.6 Å². The van der Waals surface area contributed by atoms with Crippen molar-refractivity contribution in [3.63, 3.8) is 0 Å². The molecule has 0 saturated carbocycles. The van der Waals surface area contributed by atoms with E-state index in [9.17, 15) is 19.7 Å². The molecule has 0 bridgehead atoms. The van der Waals surface area contributed by atoms with Crippen LogP contribution in [-0.2, 0) is 11.3 Å². The van der Waals surface area contributed by atoms with Gasteiger partial charge in [0.1, 0.15) is 6.54 Å². The van der Waals surface area contributed by atoms with Crippen LogP contribution in [0.25, 0.3) is 11.1 Å². The number of aryl methyl sites for hydroxylation is 1. The fraction of sp³-hybridized carbons (Fsp3) is 0.176. The zero-order valence-corrected chi connectivity index (χ0v) is 15.1. The Morgan fingerprint density at radius 3 is 2.78 bits per heavy atom. The minimum absolute atomic E-state index is 0.0152. The second-order valence-corrected chi connectivity index (χ2v) is 6.15. The number of carbonyl (C=O) groups excluding carboxylic acids is 1. The van der Waals surface area contributed by atoms with Gasteiger partial charge >= 0.3 is 11.4 Å². The molecule has 2 aromatic carbocycles. The number of benzene rings is 2. The lowest BCUT2D eigenvalue weighted by Gasteiger charge is -2.11. The van der Waals surface area contributed by atoms with E-state index in [1.807, 2.05) is 0 Å². The Morgan fingerprint density at radius 1 is 1.37 bits per heavy atom. The predicted octanol–water partition coefficient (Wildman–Crippen LogP) is 3.11. The van der Waals surface area contributed by atoms with Crippen LogP contribution in [0.4, 0.5) is 11.4 Å². The number of nitrogens with one attached hydrogen (secondary N) is 1. The highest BCUT2D eigenvalue weighted by atomic mass is 35.5. The van der Waals surface area contributed by atoms with Gasteiger partial charge in [-0.3, -0.25) is 19.5 Å². The molecule has 10 heteroatoms. The Balaban J connectivity index is 1.88. The molecule has 0 aliphatic rings. The van der Waals surface area contributed by atoms with Crippen molar-refractivity contribution in [1.29, 1.82) is 0 Å². The monoisotopic (exact) mass is 391 g/mol. The molecule has 1 amide bonds. The van der Waals surface area contributed by atoms with Gasteiger partial charge in [-0.2, -0.15) is 0 Å². The fourth-order valence-electron chi connectivity index (χ4n) is 2.64. The van der Waals surface area contributed by atoms with Crippen molar-refractivity contribution in [2.24, 2.45) is 0 Å². The molecule has 3 rings (SSSR count). The third-order valence-electron chi connectivity index (χ3n) is 3.93. The van der Waals surface area contributed by atoms with Gasteiger partial charge < -0.3 is 14.5 Å². The van der Waals surface area contributed by atoms with Crippen molar-refractivity contribution >= 4 is 40.0 Å². The van der Waals surface area contributed by atoms with E-state index in [1.165, 1.54) is 29.9 Å². The highest BCUT2D eigenvalue weighted by molar-refractivity contribution is 6.31. The minimum atomic E-state index is -0.694. The number of oxazole rings is 1. The third kappa shape index (κ3) is 3.63. The molecule has 0 fully saturated rings. The number of methoxy groups -OCH3 is 1. The normalized spacial score (nSPS) is 10.8. The fourth-order valence-corrected chi connectivity index (χ4v) is 2.80. The van der Waals surface area contributed by atoms with Crippen LogP contribution in [0.1, 0.15) is 5.56 Å². The third-order valence-corrected chi connectivity index (χ3v) is 4.16. The van der Waals surface area contributed by atoms with Gasteiger partial charge in [0, 0.05) is 28.9 Å². The van der Waals surface area contributed by atoms with Gasteiger partial charge in [-0.05, 0) is 24.6 Å². The first kappa shape index (κ1) is 18.5. The number of halogens is 1. The summed E-state index contributed by atoms with van der Waals surface area (Å²) in [7, 11) is 1.30. The first-order valence-corrected chi connectivity index (χ1v) is 8.09. The van der Waals surface area contributed by atoms with Crippen LogP contribution in [0.5, 0.6) is 5.75 Å². The first-order chi connectivity index (χ1) is 12.8. The standard InChI is InChI=1S/C17H14ClN3O6/c1-9-5-13(21(24)25)14(26-2)7-11(9)19-16(22)8-20-12-4-3-10(18)6-15(12)27-17(20)23/h3-7H,8H2,1-2H3,(H,19,22). The summed E-state index contributed by atoms with van der Waals surface area (Å²) < 4.78 is 11.2. The van der Waals surface area contributed by atoms with E-state index in [-0.39, 0.29) is 23.6 Å². The number of rotatable bonds is 5. The van der Waals surface area contributed by atoms with Gasteiger partial charge in [-0.25, -0.2) is 4.79 Å². The van der Waals surface area contributed by atoms with E-state index in [0.717, 1.165) is 0 Å². The summed E-state index contributed by atoms with van der Waals surface area (Å²) in [6.45, 7) is 1.32. The van der Waals surface area contributed by atoms with Crippen LogP contribution in [0.15, 0.2) is 39.5 Å². The highest BCUT2D eigenvalue weighted by Crippen LogP contribution is 2.32. The summed E-state index contributed by atoms with van der Waals surface area (Å²) >= 11 is 5.86. The Kier molecular flexibility index (Phi) is 4.87. The Morgan fingerprint density at radius 2 is 2.11 bits per heavy atom. The molecule has 0 atom stereocenters. The molecular formula is C17H14ClN3O6. The number of hydrogen-bond acceptors (Lipinski definition) is 6. The lowest BCUT2D eigenvalue weighted by atomic mass is 10.1. The topological polar surface area (TPSA) is 117 Å². The molecule has 0 spiro atoms. The average Bonchev–Trinajstić information content (AvgIpc) is 2.90.